The van der Waals surface area contributed by atoms with Gasteiger partial charge in [-0.3, -0.25) is 0 Å². The lowest BCUT2D eigenvalue weighted by Gasteiger charge is -2.16. The largest absolute Gasteiger partial charge is 0.388 e. The molecule has 0 fully saturated rings. The first-order valence-electron chi connectivity index (χ1n) is 5.77. The Morgan fingerprint density at radius 3 is 2.06 bits per heavy atom. The zero-order valence-corrected chi connectivity index (χ0v) is 10.2. The molecule has 0 aliphatic carbocycles. The van der Waals surface area contributed by atoms with Crippen LogP contribution in [0.3, 0.4) is 0 Å². The molecule has 0 radical (unpaired) electrons. The number of aldehydes is 1. The summed E-state index contributed by atoms with van der Waals surface area (Å²) in [6.07, 6.45) is 1.09. The topological polar surface area (TPSA) is 37.3 Å². The Kier molecular flexibility index (Phi) is 4.69. The zero-order valence-electron chi connectivity index (χ0n) is 10.2. The molecule has 0 saturated heterocycles. The third-order valence-corrected chi connectivity index (χ3v) is 2.93. The molecule has 1 N–H and O–H groups in total. The van der Waals surface area contributed by atoms with Crippen molar-refractivity contribution in [2.24, 2.45) is 5.92 Å². The van der Waals surface area contributed by atoms with Gasteiger partial charge in [-0.2, -0.15) is 0 Å². The Morgan fingerprint density at radius 1 is 1.12 bits per heavy atom. The van der Waals surface area contributed by atoms with Gasteiger partial charge in [0.25, 0.3) is 0 Å². The van der Waals surface area contributed by atoms with Crippen molar-refractivity contribution in [2.75, 3.05) is 0 Å². The molecule has 2 nitrogen and oxygen atoms in total. The lowest BCUT2D eigenvalue weighted by molar-refractivity contribution is -0.108. The summed E-state index contributed by atoms with van der Waals surface area (Å²) in [4.78, 5) is 10.4. The molecule has 2 heteroatoms. The summed E-state index contributed by atoms with van der Waals surface area (Å²) in [5.74, 6) is 0.473. The second-order valence-electron chi connectivity index (χ2n) is 4.66. The van der Waals surface area contributed by atoms with Crippen LogP contribution in [0.2, 0.25) is 0 Å². The van der Waals surface area contributed by atoms with Crippen LogP contribution in [-0.4, -0.2) is 11.4 Å². The summed E-state index contributed by atoms with van der Waals surface area (Å²) in [5, 5.41) is 9.87. The van der Waals surface area contributed by atoms with Crippen molar-refractivity contribution in [2.45, 2.75) is 39.2 Å². The average Bonchev–Trinajstić information content (AvgIpc) is 2.28. The van der Waals surface area contributed by atoms with Crippen molar-refractivity contribution in [3.8, 4) is 0 Å². The monoisotopic (exact) mass is 220 g/mol. The quantitative estimate of drug-likeness (QED) is 0.774. The number of benzene rings is 1. The zero-order chi connectivity index (χ0) is 12.1. The molecule has 1 aromatic rings. The third kappa shape index (κ3) is 3.17. The van der Waals surface area contributed by atoms with E-state index in [4.69, 9.17) is 0 Å². The van der Waals surface area contributed by atoms with Gasteiger partial charge in [0.15, 0.2) is 0 Å². The smallest absolute Gasteiger partial charge is 0.120 e. The van der Waals surface area contributed by atoms with Crippen LogP contribution in [-0.2, 0) is 4.79 Å². The van der Waals surface area contributed by atoms with E-state index in [0.29, 0.717) is 6.42 Å². The second kappa shape index (κ2) is 5.80. The number of aliphatic hydroxyl groups excluding tert-OH is 1. The SMILES string of the molecule is CC(CC=O)c1ccc(C(O)C(C)C)cc1. The highest BCUT2D eigenvalue weighted by Crippen LogP contribution is 2.24. The lowest BCUT2D eigenvalue weighted by Crippen LogP contribution is -2.05. The maximum atomic E-state index is 10.4. The average molecular weight is 220 g/mol. The Hall–Kier alpha value is -1.15. The van der Waals surface area contributed by atoms with Crippen LogP contribution in [0.15, 0.2) is 24.3 Å². The summed E-state index contributed by atoms with van der Waals surface area (Å²) in [6, 6.07) is 7.88. The molecule has 88 valence electrons. The number of rotatable bonds is 5. The normalized spacial score (nSPS) is 14.8. The Balaban J connectivity index is 2.78. The van der Waals surface area contributed by atoms with Gasteiger partial charge in [-0.25, -0.2) is 0 Å². The minimum Gasteiger partial charge on any atom is -0.388 e. The number of carbonyl (C=O) groups is 1. The fourth-order valence-corrected chi connectivity index (χ4v) is 1.69. The maximum absolute atomic E-state index is 10.4. The Morgan fingerprint density at radius 2 is 1.62 bits per heavy atom. The molecular formula is C14H20O2. The van der Waals surface area contributed by atoms with Gasteiger partial charge in [0.1, 0.15) is 6.29 Å². The summed E-state index contributed by atoms with van der Waals surface area (Å²) >= 11 is 0. The van der Waals surface area contributed by atoms with Gasteiger partial charge >= 0.3 is 0 Å². The fourth-order valence-electron chi connectivity index (χ4n) is 1.69. The number of carbonyl (C=O) groups excluding carboxylic acids is 1. The van der Waals surface area contributed by atoms with Gasteiger partial charge in [0.05, 0.1) is 6.10 Å². The van der Waals surface area contributed by atoms with Crippen molar-refractivity contribution in [3.05, 3.63) is 35.4 Å². The standard InChI is InChI=1S/C14H20O2/c1-10(2)14(16)13-6-4-12(5-7-13)11(3)8-9-15/h4-7,9-11,14,16H,8H2,1-3H3. The van der Waals surface area contributed by atoms with Gasteiger partial charge in [-0.05, 0) is 23.0 Å². The summed E-state index contributed by atoms with van der Waals surface area (Å²) in [7, 11) is 0. The van der Waals surface area contributed by atoms with Gasteiger partial charge in [0, 0.05) is 6.42 Å². The Bertz CT molecular complexity index is 327. The van der Waals surface area contributed by atoms with Crippen LogP contribution in [0.25, 0.3) is 0 Å². The van der Waals surface area contributed by atoms with Crippen molar-refractivity contribution in [1.29, 1.82) is 0 Å². The second-order valence-corrected chi connectivity index (χ2v) is 4.66. The molecule has 0 saturated carbocycles. The first kappa shape index (κ1) is 12.9. The summed E-state index contributed by atoms with van der Waals surface area (Å²) in [6.45, 7) is 6.02. The van der Waals surface area contributed by atoms with E-state index in [1.165, 1.54) is 0 Å². The highest BCUT2D eigenvalue weighted by atomic mass is 16.3. The van der Waals surface area contributed by atoms with Crippen molar-refractivity contribution in [3.63, 3.8) is 0 Å². The van der Waals surface area contributed by atoms with E-state index in [1.807, 2.05) is 45.0 Å². The van der Waals surface area contributed by atoms with Crippen LogP contribution >= 0.6 is 0 Å². The van der Waals surface area contributed by atoms with E-state index in [2.05, 4.69) is 0 Å². The van der Waals surface area contributed by atoms with E-state index < -0.39 is 6.10 Å². The number of aliphatic hydroxyl groups is 1. The first-order valence-corrected chi connectivity index (χ1v) is 5.77. The van der Waals surface area contributed by atoms with Crippen molar-refractivity contribution >= 4 is 6.29 Å². The predicted molar refractivity (Wildman–Crippen MR) is 65.3 cm³/mol. The van der Waals surface area contributed by atoms with Crippen LogP contribution in [0, 0.1) is 5.92 Å². The predicted octanol–water partition coefficient (Wildman–Crippen LogP) is 3.07. The van der Waals surface area contributed by atoms with Crippen molar-refractivity contribution in [1.82, 2.24) is 0 Å². The van der Waals surface area contributed by atoms with E-state index in [-0.39, 0.29) is 11.8 Å². The molecule has 0 aliphatic heterocycles. The third-order valence-electron chi connectivity index (χ3n) is 2.93. The van der Waals surface area contributed by atoms with E-state index in [1.54, 1.807) is 0 Å². The molecule has 2 atom stereocenters. The van der Waals surface area contributed by atoms with Crippen LogP contribution in [0.5, 0.6) is 0 Å². The molecule has 2 unspecified atom stereocenters. The molecule has 16 heavy (non-hydrogen) atoms. The minimum absolute atomic E-state index is 0.221. The van der Waals surface area contributed by atoms with E-state index in [0.717, 1.165) is 17.4 Å². The van der Waals surface area contributed by atoms with E-state index in [9.17, 15) is 9.90 Å². The Labute approximate surface area is 97.3 Å². The van der Waals surface area contributed by atoms with Gasteiger partial charge < -0.3 is 9.90 Å². The summed E-state index contributed by atoms with van der Waals surface area (Å²) < 4.78 is 0. The molecule has 0 aromatic heterocycles. The maximum Gasteiger partial charge on any atom is 0.120 e. The van der Waals surface area contributed by atoms with Crippen molar-refractivity contribution < 1.29 is 9.90 Å². The molecule has 1 aromatic carbocycles. The molecule has 0 aliphatic rings. The van der Waals surface area contributed by atoms with Crippen LogP contribution in [0.1, 0.15) is 50.3 Å². The molecular weight excluding hydrogens is 200 g/mol. The van der Waals surface area contributed by atoms with Gasteiger partial charge in [-0.15, -0.1) is 0 Å². The van der Waals surface area contributed by atoms with Crippen LogP contribution < -0.4 is 0 Å². The highest BCUT2D eigenvalue weighted by Gasteiger charge is 2.12. The lowest BCUT2D eigenvalue weighted by atomic mass is 9.94. The van der Waals surface area contributed by atoms with Gasteiger partial charge in [-0.1, -0.05) is 45.0 Å². The number of hydrogen-bond donors (Lipinski definition) is 1. The highest BCUT2D eigenvalue weighted by molar-refractivity contribution is 5.51. The molecule has 0 amide bonds. The van der Waals surface area contributed by atoms with Gasteiger partial charge in [0.2, 0.25) is 0 Å². The number of hydrogen-bond acceptors (Lipinski definition) is 2. The fraction of sp³-hybridized carbons (Fsp3) is 0.500. The first-order chi connectivity index (χ1) is 7.56. The molecule has 0 heterocycles. The minimum atomic E-state index is -0.407. The summed E-state index contributed by atoms with van der Waals surface area (Å²) in [5.41, 5.74) is 2.09. The molecule has 1 rings (SSSR count). The molecule has 0 bridgehead atoms. The van der Waals surface area contributed by atoms with E-state index >= 15 is 0 Å². The molecule has 0 spiro atoms. The van der Waals surface area contributed by atoms with Crippen LogP contribution in [0.4, 0.5) is 0 Å².